The van der Waals surface area contributed by atoms with Gasteiger partial charge in [-0.1, -0.05) is 43.2 Å². The molecule has 1 aliphatic heterocycles. The number of ether oxygens (including phenoxy) is 2. The van der Waals surface area contributed by atoms with Crippen molar-refractivity contribution in [3.8, 4) is 22.6 Å². The van der Waals surface area contributed by atoms with Gasteiger partial charge in [0.2, 0.25) is 0 Å². The molecule has 252 valence electrons. The standard InChI is InChI=1S/C37H45FN2O7/c1-39-18-20-40(21-19-39)37(45)29-24-28(31-12-5-6-13-33(31)38)25-30(26-29)46-22-7-3-2-4-10-27-11-8-14-34(32(27)16-17-36(43)44)47-23-9-15-35(41)42/h5-6,8,11-14,24-26H,2-4,7,9-10,15-23H2,1H3,(H,41,42)(H,43,44). The molecule has 3 aromatic rings. The maximum atomic E-state index is 14.7. The van der Waals surface area contributed by atoms with Crippen LogP contribution in [-0.2, 0) is 22.4 Å². The van der Waals surface area contributed by atoms with Crippen LogP contribution in [0, 0.1) is 5.82 Å². The van der Waals surface area contributed by atoms with Crippen LogP contribution in [0.3, 0.4) is 0 Å². The van der Waals surface area contributed by atoms with E-state index in [-0.39, 0.29) is 31.2 Å². The number of carbonyl (C=O) groups is 3. The number of rotatable bonds is 18. The van der Waals surface area contributed by atoms with Crippen LogP contribution in [0.1, 0.15) is 66.4 Å². The molecule has 0 spiro atoms. The predicted octanol–water partition coefficient (Wildman–Crippen LogP) is 6.32. The summed E-state index contributed by atoms with van der Waals surface area (Å²) in [6.45, 7) is 3.59. The number of nitrogens with zero attached hydrogens (tertiary/aromatic N) is 2. The van der Waals surface area contributed by atoms with Gasteiger partial charge in [0.1, 0.15) is 17.3 Å². The van der Waals surface area contributed by atoms with E-state index in [4.69, 9.17) is 14.6 Å². The maximum Gasteiger partial charge on any atom is 0.303 e. The van der Waals surface area contributed by atoms with E-state index in [1.54, 1.807) is 36.4 Å². The Bertz CT molecular complexity index is 1500. The first-order chi connectivity index (χ1) is 22.7. The predicted molar refractivity (Wildman–Crippen MR) is 178 cm³/mol. The Morgan fingerprint density at radius 3 is 2.23 bits per heavy atom. The molecule has 0 saturated carbocycles. The number of carboxylic acids is 2. The Balaban J connectivity index is 1.32. The summed E-state index contributed by atoms with van der Waals surface area (Å²) in [6, 6.07) is 17.5. The number of benzene rings is 3. The maximum absolute atomic E-state index is 14.7. The third kappa shape index (κ3) is 11.1. The van der Waals surface area contributed by atoms with E-state index >= 15 is 0 Å². The number of hydrogen-bond acceptors (Lipinski definition) is 6. The van der Waals surface area contributed by atoms with E-state index < -0.39 is 11.9 Å². The summed E-state index contributed by atoms with van der Waals surface area (Å²) in [5.74, 6) is -1.05. The molecule has 0 bridgehead atoms. The van der Waals surface area contributed by atoms with Crippen LogP contribution in [0.2, 0.25) is 0 Å². The molecule has 1 aliphatic rings. The fraction of sp³-hybridized carbons (Fsp3) is 0.432. The summed E-state index contributed by atoms with van der Waals surface area (Å²) in [5, 5.41) is 18.1. The van der Waals surface area contributed by atoms with Crippen LogP contribution in [0.25, 0.3) is 11.1 Å². The normalized spacial score (nSPS) is 13.4. The first-order valence-corrected chi connectivity index (χ1v) is 16.4. The van der Waals surface area contributed by atoms with Crippen molar-refractivity contribution in [2.75, 3.05) is 46.4 Å². The van der Waals surface area contributed by atoms with Crippen LogP contribution in [0.15, 0.2) is 60.7 Å². The van der Waals surface area contributed by atoms with Crippen LogP contribution in [0.5, 0.6) is 11.5 Å². The third-order valence-electron chi connectivity index (χ3n) is 8.35. The molecular formula is C37H45FN2O7. The molecule has 1 saturated heterocycles. The molecule has 47 heavy (non-hydrogen) atoms. The zero-order chi connectivity index (χ0) is 33.6. The second kappa shape index (κ2) is 18.0. The van der Waals surface area contributed by atoms with Crippen LogP contribution in [0.4, 0.5) is 4.39 Å². The van der Waals surface area contributed by atoms with Gasteiger partial charge in [0.15, 0.2) is 0 Å². The van der Waals surface area contributed by atoms with Crippen molar-refractivity contribution in [1.29, 1.82) is 0 Å². The SMILES string of the molecule is CN1CCN(C(=O)c2cc(OCCCCCCc3cccc(OCCCC(=O)O)c3CCC(=O)O)cc(-c3ccccc3F)c2)CC1. The quantitative estimate of drug-likeness (QED) is 0.154. The number of halogens is 1. The zero-order valence-corrected chi connectivity index (χ0v) is 27.1. The summed E-state index contributed by atoms with van der Waals surface area (Å²) in [6.07, 6.45) is 5.04. The molecule has 0 aliphatic carbocycles. The summed E-state index contributed by atoms with van der Waals surface area (Å²) < 4.78 is 26.7. The minimum absolute atomic E-state index is 0.0133. The first kappa shape index (κ1) is 35.4. The Morgan fingerprint density at radius 1 is 0.766 bits per heavy atom. The van der Waals surface area contributed by atoms with Gasteiger partial charge in [-0.3, -0.25) is 14.4 Å². The van der Waals surface area contributed by atoms with Gasteiger partial charge >= 0.3 is 11.9 Å². The van der Waals surface area contributed by atoms with Crippen molar-refractivity contribution in [3.05, 3.63) is 83.2 Å². The van der Waals surface area contributed by atoms with E-state index in [0.29, 0.717) is 60.7 Å². The van der Waals surface area contributed by atoms with E-state index in [1.807, 2.05) is 30.1 Å². The van der Waals surface area contributed by atoms with Crippen LogP contribution < -0.4 is 9.47 Å². The smallest absolute Gasteiger partial charge is 0.303 e. The molecular weight excluding hydrogens is 603 g/mol. The Hall–Kier alpha value is -4.44. The lowest BCUT2D eigenvalue weighted by atomic mass is 9.97. The lowest BCUT2D eigenvalue weighted by Gasteiger charge is -2.32. The van der Waals surface area contributed by atoms with E-state index in [1.165, 1.54) is 6.07 Å². The molecule has 1 amide bonds. The Morgan fingerprint density at radius 2 is 1.49 bits per heavy atom. The van der Waals surface area contributed by atoms with Gasteiger partial charge in [-0.25, -0.2) is 4.39 Å². The largest absolute Gasteiger partial charge is 0.494 e. The fourth-order valence-electron chi connectivity index (χ4n) is 5.71. The minimum Gasteiger partial charge on any atom is -0.494 e. The molecule has 0 aromatic heterocycles. The number of amides is 1. The van der Waals surface area contributed by atoms with Gasteiger partial charge in [-0.05, 0) is 86.2 Å². The highest BCUT2D eigenvalue weighted by Crippen LogP contribution is 2.30. The molecule has 2 N–H and O–H groups in total. The first-order valence-electron chi connectivity index (χ1n) is 16.4. The number of unbranched alkanes of at least 4 members (excludes halogenated alkanes) is 3. The second-order valence-corrected chi connectivity index (χ2v) is 12.0. The summed E-state index contributed by atoms with van der Waals surface area (Å²) >= 11 is 0. The lowest BCUT2D eigenvalue weighted by molar-refractivity contribution is -0.138. The number of aryl methyl sites for hydroxylation is 1. The number of aliphatic carboxylic acids is 2. The number of piperazine rings is 1. The molecule has 0 atom stereocenters. The Kier molecular flexibility index (Phi) is 13.6. The van der Waals surface area contributed by atoms with Crippen molar-refractivity contribution < 1.29 is 38.5 Å². The third-order valence-corrected chi connectivity index (χ3v) is 8.35. The minimum atomic E-state index is -0.883. The summed E-state index contributed by atoms with van der Waals surface area (Å²) in [7, 11) is 2.04. The van der Waals surface area contributed by atoms with Crippen LogP contribution >= 0.6 is 0 Å². The second-order valence-electron chi connectivity index (χ2n) is 12.0. The van der Waals surface area contributed by atoms with E-state index in [0.717, 1.165) is 56.3 Å². The Labute approximate surface area is 275 Å². The molecule has 9 nitrogen and oxygen atoms in total. The molecule has 0 radical (unpaired) electrons. The van der Waals surface area contributed by atoms with Gasteiger partial charge < -0.3 is 29.5 Å². The number of likely N-dealkylation sites (N-methyl/N-ethyl adjacent to an activating group) is 1. The monoisotopic (exact) mass is 648 g/mol. The molecule has 4 rings (SSSR count). The topological polar surface area (TPSA) is 117 Å². The molecule has 3 aromatic carbocycles. The lowest BCUT2D eigenvalue weighted by Crippen LogP contribution is -2.47. The number of carboxylic acid groups (broad SMARTS) is 2. The van der Waals surface area contributed by atoms with E-state index in [9.17, 15) is 23.9 Å². The average Bonchev–Trinajstić information content (AvgIpc) is 3.05. The molecule has 1 fully saturated rings. The zero-order valence-electron chi connectivity index (χ0n) is 27.1. The number of carbonyl (C=O) groups excluding carboxylic acids is 1. The molecule has 0 unspecified atom stereocenters. The fourth-order valence-corrected chi connectivity index (χ4v) is 5.71. The molecule has 10 heteroatoms. The summed E-state index contributed by atoms with van der Waals surface area (Å²) in [5.41, 5.74) is 3.41. The molecule has 1 heterocycles. The van der Waals surface area contributed by atoms with E-state index in [2.05, 4.69) is 4.90 Å². The summed E-state index contributed by atoms with van der Waals surface area (Å²) in [4.78, 5) is 39.5. The highest BCUT2D eigenvalue weighted by molar-refractivity contribution is 5.96. The van der Waals surface area contributed by atoms with Gasteiger partial charge in [0, 0.05) is 50.1 Å². The van der Waals surface area contributed by atoms with Crippen molar-refractivity contribution in [2.45, 2.75) is 57.8 Å². The van der Waals surface area contributed by atoms with Gasteiger partial charge in [-0.2, -0.15) is 0 Å². The van der Waals surface area contributed by atoms with Crippen molar-refractivity contribution in [1.82, 2.24) is 9.80 Å². The van der Waals surface area contributed by atoms with Crippen molar-refractivity contribution in [3.63, 3.8) is 0 Å². The number of hydrogen-bond donors (Lipinski definition) is 2. The van der Waals surface area contributed by atoms with Crippen molar-refractivity contribution in [2.24, 2.45) is 0 Å². The van der Waals surface area contributed by atoms with Gasteiger partial charge in [0.05, 0.1) is 13.2 Å². The van der Waals surface area contributed by atoms with Gasteiger partial charge in [0.25, 0.3) is 5.91 Å². The highest BCUT2D eigenvalue weighted by Gasteiger charge is 2.22. The van der Waals surface area contributed by atoms with Crippen molar-refractivity contribution >= 4 is 17.8 Å². The average molecular weight is 649 g/mol. The van der Waals surface area contributed by atoms with Crippen LogP contribution in [-0.4, -0.2) is 84.3 Å². The van der Waals surface area contributed by atoms with Gasteiger partial charge in [-0.15, -0.1) is 0 Å². The highest BCUT2D eigenvalue weighted by atomic mass is 19.1.